The van der Waals surface area contributed by atoms with Crippen LogP contribution in [0.1, 0.15) is 37.6 Å². The molecule has 1 rings (SSSR count). The summed E-state index contributed by atoms with van der Waals surface area (Å²) in [6.45, 7) is 5.82. The van der Waals surface area contributed by atoms with Crippen LogP contribution in [0.15, 0.2) is 21.5 Å². The average molecular weight is 381 g/mol. The van der Waals surface area contributed by atoms with Gasteiger partial charge in [0.05, 0.1) is 14.9 Å². The van der Waals surface area contributed by atoms with E-state index in [1.54, 1.807) is 0 Å². The Balaban J connectivity index is 3.25. The lowest BCUT2D eigenvalue weighted by Gasteiger charge is -2.21. The van der Waals surface area contributed by atoms with E-state index in [4.69, 9.17) is 5.14 Å². The third kappa shape index (κ3) is 4.49. The third-order valence-electron chi connectivity index (χ3n) is 3.12. The standard InChI is InChI=1S/C13H18BrFN2O3S/c1-4-10(7(2)3)17-13(18)9-5-8(15)6-11(12(9)14)21(16,19)20/h5-7,10H,4H2,1-3H3,(H,17,18)(H2,16,19,20). The van der Waals surface area contributed by atoms with Crippen molar-refractivity contribution in [1.82, 2.24) is 5.32 Å². The number of carbonyl (C=O) groups is 1. The lowest BCUT2D eigenvalue weighted by atomic mass is 10.0. The van der Waals surface area contributed by atoms with Gasteiger partial charge in [-0.3, -0.25) is 4.79 Å². The van der Waals surface area contributed by atoms with Gasteiger partial charge in [0.25, 0.3) is 5.91 Å². The molecule has 0 radical (unpaired) electrons. The first-order valence-corrected chi connectivity index (χ1v) is 8.74. The van der Waals surface area contributed by atoms with Crippen molar-refractivity contribution in [3.63, 3.8) is 0 Å². The molecule has 0 aliphatic rings. The molecule has 0 aliphatic carbocycles. The fourth-order valence-electron chi connectivity index (χ4n) is 1.92. The summed E-state index contributed by atoms with van der Waals surface area (Å²) < 4.78 is 36.3. The fourth-order valence-corrected chi connectivity index (χ4v) is 3.65. The number of hydrogen-bond donors (Lipinski definition) is 2. The highest BCUT2D eigenvalue weighted by molar-refractivity contribution is 9.10. The van der Waals surface area contributed by atoms with Gasteiger partial charge >= 0.3 is 0 Å². The number of nitrogens with one attached hydrogen (secondary N) is 1. The van der Waals surface area contributed by atoms with E-state index in [1.165, 1.54) is 0 Å². The van der Waals surface area contributed by atoms with Crippen molar-refractivity contribution < 1.29 is 17.6 Å². The van der Waals surface area contributed by atoms with Crippen LogP contribution in [0.5, 0.6) is 0 Å². The molecule has 0 heterocycles. The number of carbonyl (C=O) groups excluding carboxylic acids is 1. The van der Waals surface area contributed by atoms with E-state index in [0.29, 0.717) is 6.42 Å². The number of benzene rings is 1. The summed E-state index contributed by atoms with van der Waals surface area (Å²) in [6, 6.07) is 1.66. The van der Waals surface area contributed by atoms with Crippen molar-refractivity contribution in [2.75, 3.05) is 0 Å². The Hall–Kier alpha value is -0.990. The van der Waals surface area contributed by atoms with Crippen molar-refractivity contribution in [1.29, 1.82) is 0 Å². The molecule has 0 spiro atoms. The molecule has 1 aromatic carbocycles. The second-order valence-corrected chi connectivity index (χ2v) is 7.37. The Kier molecular flexibility index (Phi) is 5.89. The summed E-state index contributed by atoms with van der Waals surface area (Å²) in [5, 5.41) is 7.77. The van der Waals surface area contributed by atoms with Gasteiger partial charge < -0.3 is 5.32 Å². The van der Waals surface area contributed by atoms with Crippen LogP contribution in [-0.4, -0.2) is 20.4 Å². The molecule has 1 amide bonds. The second kappa shape index (κ2) is 6.85. The maximum atomic E-state index is 13.6. The summed E-state index contributed by atoms with van der Waals surface area (Å²) in [5.41, 5.74) is -0.0990. The topological polar surface area (TPSA) is 89.3 Å². The predicted molar refractivity (Wildman–Crippen MR) is 81.9 cm³/mol. The summed E-state index contributed by atoms with van der Waals surface area (Å²) in [7, 11) is -4.13. The number of hydrogen-bond acceptors (Lipinski definition) is 3. The van der Waals surface area contributed by atoms with Crippen LogP contribution in [0, 0.1) is 11.7 Å². The smallest absolute Gasteiger partial charge is 0.252 e. The first-order chi connectivity index (χ1) is 9.57. The van der Waals surface area contributed by atoms with Gasteiger partial charge in [-0.05, 0) is 40.4 Å². The molecule has 1 aromatic rings. The van der Waals surface area contributed by atoms with Crippen LogP contribution in [0.3, 0.4) is 0 Å². The molecule has 0 fully saturated rings. The molecule has 1 atom stereocenters. The number of halogens is 2. The van der Waals surface area contributed by atoms with Crippen molar-refractivity contribution in [2.45, 2.75) is 38.1 Å². The zero-order valence-corrected chi connectivity index (χ0v) is 14.4. The molecule has 1 unspecified atom stereocenters. The highest BCUT2D eigenvalue weighted by Gasteiger charge is 2.23. The van der Waals surface area contributed by atoms with Crippen LogP contribution in [0.4, 0.5) is 4.39 Å². The molecule has 21 heavy (non-hydrogen) atoms. The summed E-state index contributed by atoms with van der Waals surface area (Å²) >= 11 is 3.01. The Morgan fingerprint density at radius 2 is 2.00 bits per heavy atom. The Morgan fingerprint density at radius 3 is 2.43 bits per heavy atom. The van der Waals surface area contributed by atoms with Crippen LogP contribution in [0.25, 0.3) is 0 Å². The number of sulfonamides is 1. The SMILES string of the molecule is CCC(NC(=O)c1cc(F)cc(S(N)(=O)=O)c1Br)C(C)C. The highest BCUT2D eigenvalue weighted by atomic mass is 79.9. The van der Waals surface area contributed by atoms with Crippen LogP contribution < -0.4 is 10.5 Å². The van der Waals surface area contributed by atoms with E-state index in [2.05, 4.69) is 21.2 Å². The van der Waals surface area contributed by atoms with Gasteiger partial charge in [0.15, 0.2) is 0 Å². The van der Waals surface area contributed by atoms with Gasteiger partial charge in [-0.25, -0.2) is 17.9 Å². The quantitative estimate of drug-likeness (QED) is 0.821. The molecular weight excluding hydrogens is 363 g/mol. The number of nitrogens with two attached hydrogens (primary N) is 1. The normalized spacial score (nSPS) is 13.3. The maximum Gasteiger partial charge on any atom is 0.252 e. The molecule has 118 valence electrons. The molecule has 0 saturated heterocycles. The number of rotatable bonds is 5. The monoisotopic (exact) mass is 380 g/mol. The van der Waals surface area contributed by atoms with Crippen LogP contribution in [-0.2, 0) is 10.0 Å². The molecule has 3 N–H and O–H groups in total. The zero-order chi connectivity index (χ0) is 16.4. The van der Waals surface area contributed by atoms with E-state index in [-0.39, 0.29) is 22.0 Å². The largest absolute Gasteiger partial charge is 0.349 e. The van der Waals surface area contributed by atoms with E-state index in [9.17, 15) is 17.6 Å². The minimum absolute atomic E-state index is 0.0393. The van der Waals surface area contributed by atoms with Crippen molar-refractivity contribution in [3.05, 3.63) is 28.0 Å². The van der Waals surface area contributed by atoms with E-state index in [0.717, 1.165) is 12.1 Å². The molecule has 0 saturated carbocycles. The van der Waals surface area contributed by atoms with Gasteiger partial charge in [-0.2, -0.15) is 0 Å². The van der Waals surface area contributed by atoms with Crippen LogP contribution in [0.2, 0.25) is 0 Å². The molecular formula is C13H18BrFN2O3S. The lowest BCUT2D eigenvalue weighted by Crippen LogP contribution is -2.38. The van der Waals surface area contributed by atoms with Gasteiger partial charge in [-0.1, -0.05) is 20.8 Å². The molecule has 8 heteroatoms. The fraction of sp³-hybridized carbons (Fsp3) is 0.462. The summed E-state index contributed by atoms with van der Waals surface area (Å²) in [6.07, 6.45) is 0.707. The Bertz CT molecular complexity index is 647. The Labute approximate surface area is 132 Å². The van der Waals surface area contributed by atoms with Crippen molar-refractivity contribution in [3.8, 4) is 0 Å². The van der Waals surface area contributed by atoms with E-state index >= 15 is 0 Å². The lowest BCUT2D eigenvalue weighted by molar-refractivity contribution is 0.0923. The third-order valence-corrected chi connectivity index (χ3v) is 5.17. The number of amides is 1. The number of primary sulfonamides is 1. The van der Waals surface area contributed by atoms with Crippen LogP contribution >= 0.6 is 15.9 Å². The molecule has 0 aliphatic heterocycles. The predicted octanol–water partition coefficient (Wildman–Crippen LogP) is 2.40. The van der Waals surface area contributed by atoms with Gasteiger partial charge in [-0.15, -0.1) is 0 Å². The maximum absolute atomic E-state index is 13.6. The first-order valence-electron chi connectivity index (χ1n) is 6.40. The van der Waals surface area contributed by atoms with E-state index < -0.39 is 26.6 Å². The average Bonchev–Trinajstić information content (AvgIpc) is 2.36. The van der Waals surface area contributed by atoms with Crippen molar-refractivity contribution >= 4 is 31.9 Å². The summed E-state index contributed by atoms with van der Waals surface area (Å²) in [4.78, 5) is 11.8. The first kappa shape index (κ1) is 18.1. The Morgan fingerprint density at radius 1 is 1.43 bits per heavy atom. The molecule has 0 bridgehead atoms. The second-order valence-electron chi connectivity index (χ2n) is 5.04. The minimum Gasteiger partial charge on any atom is -0.349 e. The van der Waals surface area contributed by atoms with Gasteiger partial charge in [0, 0.05) is 6.04 Å². The van der Waals surface area contributed by atoms with Gasteiger partial charge in [0.1, 0.15) is 5.82 Å². The van der Waals surface area contributed by atoms with Gasteiger partial charge in [0.2, 0.25) is 10.0 Å². The van der Waals surface area contributed by atoms with Crippen molar-refractivity contribution in [2.24, 2.45) is 11.1 Å². The highest BCUT2D eigenvalue weighted by Crippen LogP contribution is 2.27. The van der Waals surface area contributed by atoms with E-state index in [1.807, 2.05) is 20.8 Å². The minimum atomic E-state index is -4.13. The zero-order valence-electron chi connectivity index (χ0n) is 12.0. The summed E-state index contributed by atoms with van der Waals surface area (Å²) in [5.74, 6) is -1.19. The molecule has 5 nitrogen and oxygen atoms in total. The molecule has 0 aromatic heterocycles.